The number of halogens is 4. The zero-order valence-electron chi connectivity index (χ0n) is 12.0. The first-order chi connectivity index (χ1) is 11.4. The smallest absolute Gasteiger partial charge is 0.272 e. The zero-order chi connectivity index (χ0) is 17.3. The van der Waals surface area contributed by atoms with E-state index in [4.69, 9.17) is 23.8 Å². The second-order valence-corrected chi connectivity index (χ2v) is 5.74. The highest BCUT2D eigenvalue weighted by atomic mass is 35.5. The third kappa shape index (κ3) is 3.34. The molecule has 0 radical (unpaired) electrons. The normalized spacial score (nSPS) is 11.7. The van der Waals surface area contributed by atoms with Gasteiger partial charge in [-0.1, -0.05) is 29.8 Å². The second kappa shape index (κ2) is 6.37. The van der Waals surface area contributed by atoms with Gasteiger partial charge in [0.2, 0.25) is 0 Å². The predicted octanol–water partition coefficient (Wildman–Crippen LogP) is 4.59. The molecule has 1 N–H and O–H groups in total. The van der Waals surface area contributed by atoms with Gasteiger partial charge in [0, 0.05) is 11.9 Å². The Balaban J connectivity index is 1.98. The van der Waals surface area contributed by atoms with Crippen LogP contribution in [0.4, 0.5) is 13.2 Å². The molecule has 0 aliphatic carbocycles. The molecular formula is C15H10ClF3N4S. The molecule has 0 saturated carbocycles. The Bertz CT molecular complexity index is 918. The average molecular weight is 371 g/mol. The summed E-state index contributed by atoms with van der Waals surface area (Å²) in [6.45, 7) is 0. The summed E-state index contributed by atoms with van der Waals surface area (Å²) in [5.41, 5.74) is 0.184. The van der Waals surface area contributed by atoms with Crippen LogP contribution in [0, 0.1) is 4.77 Å². The zero-order valence-corrected chi connectivity index (χ0v) is 13.6. The number of rotatable bonds is 3. The van der Waals surface area contributed by atoms with E-state index in [0.717, 1.165) is 18.0 Å². The molecule has 2 heterocycles. The number of pyridine rings is 1. The standard InChI is InChI=1S/C15H10ClF3N4S/c16-11-6-9(15(17,18)19)8-20-12(11)7-13-21-22-14(24)23(13)10-4-2-1-3-5-10/h1-6,8H,7H2,(H,22,24). The number of benzene rings is 1. The van der Waals surface area contributed by atoms with E-state index in [2.05, 4.69) is 15.2 Å². The van der Waals surface area contributed by atoms with Gasteiger partial charge in [-0.15, -0.1) is 0 Å². The molecule has 9 heteroatoms. The van der Waals surface area contributed by atoms with E-state index < -0.39 is 11.7 Å². The molecule has 0 spiro atoms. The van der Waals surface area contributed by atoms with Gasteiger partial charge >= 0.3 is 6.18 Å². The van der Waals surface area contributed by atoms with Crippen LogP contribution in [-0.2, 0) is 12.6 Å². The van der Waals surface area contributed by atoms with E-state index >= 15 is 0 Å². The van der Waals surface area contributed by atoms with Crippen LogP contribution < -0.4 is 0 Å². The quantitative estimate of drug-likeness (QED) is 0.686. The Morgan fingerprint density at radius 2 is 1.92 bits per heavy atom. The topological polar surface area (TPSA) is 46.5 Å². The first-order valence-corrected chi connectivity index (χ1v) is 7.58. The van der Waals surface area contributed by atoms with E-state index in [1.165, 1.54) is 0 Å². The fourth-order valence-corrected chi connectivity index (χ4v) is 2.68. The third-order valence-corrected chi connectivity index (χ3v) is 3.93. The fraction of sp³-hybridized carbons (Fsp3) is 0.133. The molecule has 3 rings (SSSR count). The van der Waals surface area contributed by atoms with Crippen molar-refractivity contribution >= 4 is 23.8 Å². The Labute approximate surface area is 144 Å². The molecule has 0 aliphatic heterocycles. The maximum absolute atomic E-state index is 12.7. The summed E-state index contributed by atoms with van der Waals surface area (Å²) >= 11 is 11.2. The van der Waals surface area contributed by atoms with Gasteiger partial charge in [-0.25, -0.2) is 0 Å². The Kier molecular flexibility index (Phi) is 4.42. The third-order valence-electron chi connectivity index (χ3n) is 3.33. The molecule has 0 atom stereocenters. The number of nitrogens with one attached hydrogen (secondary N) is 1. The van der Waals surface area contributed by atoms with Crippen LogP contribution in [0.15, 0.2) is 42.6 Å². The van der Waals surface area contributed by atoms with Gasteiger partial charge in [-0.2, -0.15) is 18.3 Å². The number of nitrogens with zero attached hydrogens (tertiary/aromatic N) is 3. The van der Waals surface area contributed by atoms with E-state index in [1.54, 1.807) is 4.57 Å². The lowest BCUT2D eigenvalue weighted by molar-refractivity contribution is -0.137. The average Bonchev–Trinajstić information content (AvgIpc) is 2.90. The number of alkyl halides is 3. The molecule has 24 heavy (non-hydrogen) atoms. The minimum Gasteiger partial charge on any atom is -0.272 e. The number of aromatic nitrogens is 4. The highest BCUT2D eigenvalue weighted by Crippen LogP contribution is 2.31. The van der Waals surface area contributed by atoms with Gasteiger partial charge in [0.1, 0.15) is 5.82 Å². The predicted molar refractivity (Wildman–Crippen MR) is 85.8 cm³/mol. The van der Waals surface area contributed by atoms with Gasteiger partial charge < -0.3 is 0 Å². The summed E-state index contributed by atoms with van der Waals surface area (Å²) in [6.07, 6.45) is -3.59. The van der Waals surface area contributed by atoms with Gasteiger partial charge in [0.05, 0.1) is 22.7 Å². The molecule has 124 valence electrons. The van der Waals surface area contributed by atoms with Crippen molar-refractivity contribution in [1.29, 1.82) is 0 Å². The summed E-state index contributed by atoms with van der Waals surface area (Å²) in [7, 11) is 0. The lowest BCUT2D eigenvalue weighted by Gasteiger charge is -2.10. The minimum absolute atomic E-state index is 0.0710. The Hall–Kier alpha value is -2.19. The fourth-order valence-electron chi connectivity index (χ4n) is 2.19. The maximum atomic E-state index is 12.7. The van der Waals surface area contributed by atoms with E-state index in [0.29, 0.717) is 10.6 Å². The summed E-state index contributed by atoms with van der Waals surface area (Å²) in [5, 5.41) is 6.73. The number of H-pyrrole nitrogens is 1. The first-order valence-electron chi connectivity index (χ1n) is 6.79. The van der Waals surface area contributed by atoms with Crippen LogP contribution in [0.25, 0.3) is 5.69 Å². The van der Waals surface area contributed by atoms with Crippen LogP contribution in [0.1, 0.15) is 17.1 Å². The number of para-hydroxylation sites is 1. The van der Waals surface area contributed by atoms with Crippen molar-refractivity contribution < 1.29 is 13.2 Å². The van der Waals surface area contributed by atoms with Crippen LogP contribution in [-0.4, -0.2) is 19.7 Å². The van der Waals surface area contributed by atoms with Gasteiger partial charge in [-0.05, 0) is 30.4 Å². The molecule has 0 saturated heterocycles. The molecule has 0 fully saturated rings. The monoisotopic (exact) mass is 370 g/mol. The van der Waals surface area contributed by atoms with Crippen LogP contribution in [0.3, 0.4) is 0 Å². The largest absolute Gasteiger partial charge is 0.417 e. The lowest BCUT2D eigenvalue weighted by Crippen LogP contribution is -2.08. The number of hydrogen-bond acceptors (Lipinski definition) is 3. The lowest BCUT2D eigenvalue weighted by atomic mass is 10.2. The molecule has 3 aromatic rings. The number of hydrogen-bond donors (Lipinski definition) is 1. The van der Waals surface area contributed by atoms with Crippen molar-refractivity contribution in [3.05, 3.63) is 69.5 Å². The van der Waals surface area contributed by atoms with Crippen molar-refractivity contribution in [2.75, 3.05) is 0 Å². The highest BCUT2D eigenvalue weighted by molar-refractivity contribution is 7.71. The molecule has 2 aromatic heterocycles. The molecular weight excluding hydrogens is 361 g/mol. The van der Waals surface area contributed by atoms with Crippen molar-refractivity contribution in [2.24, 2.45) is 0 Å². The van der Waals surface area contributed by atoms with Crippen LogP contribution in [0.5, 0.6) is 0 Å². The van der Waals surface area contributed by atoms with Gasteiger partial charge in [0.25, 0.3) is 0 Å². The molecule has 0 amide bonds. The molecule has 0 aliphatic rings. The molecule has 0 bridgehead atoms. The maximum Gasteiger partial charge on any atom is 0.417 e. The summed E-state index contributed by atoms with van der Waals surface area (Å²) < 4.78 is 40.1. The second-order valence-electron chi connectivity index (χ2n) is 4.94. The molecule has 4 nitrogen and oxygen atoms in total. The highest BCUT2D eigenvalue weighted by Gasteiger charge is 2.31. The Morgan fingerprint density at radius 1 is 1.21 bits per heavy atom. The number of aromatic amines is 1. The van der Waals surface area contributed by atoms with E-state index in [-0.39, 0.29) is 17.1 Å². The van der Waals surface area contributed by atoms with Crippen molar-refractivity contribution in [3.8, 4) is 5.69 Å². The van der Waals surface area contributed by atoms with Crippen molar-refractivity contribution in [2.45, 2.75) is 12.6 Å². The van der Waals surface area contributed by atoms with Crippen LogP contribution >= 0.6 is 23.8 Å². The summed E-state index contributed by atoms with van der Waals surface area (Å²) in [4.78, 5) is 3.83. The SMILES string of the molecule is FC(F)(F)c1cnc(Cc2n[nH]c(=S)n2-c2ccccc2)c(Cl)c1. The summed E-state index contributed by atoms with van der Waals surface area (Å²) in [5.74, 6) is 0.500. The Morgan fingerprint density at radius 3 is 2.54 bits per heavy atom. The van der Waals surface area contributed by atoms with Crippen molar-refractivity contribution in [3.63, 3.8) is 0 Å². The first kappa shape index (κ1) is 16.7. The van der Waals surface area contributed by atoms with E-state index in [1.807, 2.05) is 30.3 Å². The summed E-state index contributed by atoms with van der Waals surface area (Å²) in [6, 6.07) is 10.1. The van der Waals surface area contributed by atoms with E-state index in [9.17, 15) is 13.2 Å². The van der Waals surface area contributed by atoms with Gasteiger partial charge in [-0.3, -0.25) is 14.6 Å². The van der Waals surface area contributed by atoms with Crippen molar-refractivity contribution in [1.82, 2.24) is 19.7 Å². The van der Waals surface area contributed by atoms with Gasteiger partial charge in [0.15, 0.2) is 4.77 Å². The molecule has 0 unspecified atom stereocenters. The minimum atomic E-state index is -4.49. The molecule has 1 aromatic carbocycles. The van der Waals surface area contributed by atoms with Crippen LogP contribution in [0.2, 0.25) is 5.02 Å².